The Kier molecular flexibility index (Phi) is 5.81. The van der Waals surface area contributed by atoms with E-state index in [-0.39, 0.29) is 10.6 Å². The quantitative estimate of drug-likeness (QED) is 0.364. The van der Waals surface area contributed by atoms with Crippen LogP contribution in [0.3, 0.4) is 0 Å². The van der Waals surface area contributed by atoms with Crippen LogP contribution in [0.1, 0.15) is 23.1 Å². The maximum atomic E-state index is 13.5. The standard InChI is InChI=1S/C28H28N6O3S/c1-20-14-25-22(17-30-34(25)23-8-9-26(35)29-18-23)15-24(20)28(16-21-6-4-3-5-7-21)11-13-33(19-28)38(36,37)27-10-12-32(2)31-27/h3-10,12,14-15,17-18H,11,13,16,19H2,1-2H3,(H,29,35). The minimum atomic E-state index is -3.72. The van der Waals surface area contributed by atoms with Gasteiger partial charge in [-0.2, -0.15) is 14.5 Å². The zero-order chi connectivity index (χ0) is 26.5. The van der Waals surface area contributed by atoms with Gasteiger partial charge in [0.05, 0.1) is 17.4 Å². The molecule has 0 amide bonds. The van der Waals surface area contributed by atoms with Gasteiger partial charge in [-0.1, -0.05) is 30.3 Å². The average molecular weight is 529 g/mol. The van der Waals surface area contributed by atoms with Crippen LogP contribution in [0.15, 0.2) is 89.1 Å². The third kappa shape index (κ3) is 4.15. The predicted molar refractivity (Wildman–Crippen MR) is 145 cm³/mol. The molecule has 1 saturated heterocycles. The largest absolute Gasteiger partial charge is 0.327 e. The average Bonchev–Trinajstić information content (AvgIpc) is 3.64. The molecule has 3 aromatic heterocycles. The SMILES string of the molecule is Cc1cc2c(cnn2-c2ccc(=O)[nH]c2)cc1C1(Cc2ccccc2)CCN(S(=O)(=O)c2ccn(C)n2)C1. The summed E-state index contributed by atoms with van der Waals surface area (Å²) in [6, 6.07) is 19.2. The van der Waals surface area contributed by atoms with Crippen LogP contribution in [-0.2, 0) is 28.9 Å². The van der Waals surface area contributed by atoms with Crippen molar-refractivity contribution in [2.24, 2.45) is 7.05 Å². The monoisotopic (exact) mass is 528 g/mol. The molecule has 1 fully saturated rings. The minimum Gasteiger partial charge on any atom is -0.327 e. The second-order valence-corrected chi connectivity index (χ2v) is 11.9. The van der Waals surface area contributed by atoms with E-state index in [1.807, 2.05) is 24.4 Å². The molecular formula is C28H28N6O3S. The molecule has 0 radical (unpaired) electrons. The lowest BCUT2D eigenvalue weighted by atomic mass is 9.73. The molecule has 0 aliphatic carbocycles. The number of hydrogen-bond donors (Lipinski definition) is 1. The van der Waals surface area contributed by atoms with Crippen LogP contribution >= 0.6 is 0 Å². The highest BCUT2D eigenvalue weighted by atomic mass is 32.2. The lowest BCUT2D eigenvalue weighted by Crippen LogP contribution is -2.36. The van der Waals surface area contributed by atoms with Crippen LogP contribution in [0.25, 0.3) is 16.6 Å². The van der Waals surface area contributed by atoms with Crippen molar-refractivity contribution < 1.29 is 8.42 Å². The lowest BCUT2D eigenvalue weighted by molar-refractivity contribution is 0.412. The van der Waals surface area contributed by atoms with Crippen LogP contribution in [0.5, 0.6) is 0 Å². The molecule has 0 spiro atoms. The van der Waals surface area contributed by atoms with Gasteiger partial charge in [0.1, 0.15) is 0 Å². The fraction of sp³-hybridized carbons (Fsp3) is 0.250. The fourth-order valence-electron chi connectivity index (χ4n) is 5.64. The molecule has 38 heavy (non-hydrogen) atoms. The van der Waals surface area contributed by atoms with Gasteiger partial charge in [-0.05, 0) is 60.7 Å². The molecular weight excluding hydrogens is 500 g/mol. The second kappa shape index (κ2) is 9.07. The summed E-state index contributed by atoms with van der Waals surface area (Å²) in [5.74, 6) is 0. The molecule has 2 aromatic carbocycles. The number of pyridine rings is 1. The summed E-state index contributed by atoms with van der Waals surface area (Å²) in [7, 11) is -2.01. The van der Waals surface area contributed by atoms with E-state index in [4.69, 9.17) is 0 Å². The molecule has 5 aromatic rings. The number of nitrogens with zero attached hydrogens (tertiary/aromatic N) is 5. The first-order valence-corrected chi connectivity index (χ1v) is 13.9. The molecule has 1 aliphatic rings. The topological polar surface area (TPSA) is 106 Å². The van der Waals surface area contributed by atoms with Gasteiger partial charge in [0.2, 0.25) is 5.56 Å². The first-order valence-electron chi connectivity index (χ1n) is 12.5. The Morgan fingerprint density at radius 1 is 1.08 bits per heavy atom. The van der Waals surface area contributed by atoms with E-state index >= 15 is 0 Å². The molecule has 1 N–H and O–H groups in total. The number of rotatable bonds is 6. The normalized spacial score (nSPS) is 18.4. The Labute approximate surface area is 220 Å². The summed E-state index contributed by atoms with van der Waals surface area (Å²) in [6.45, 7) is 2.85. The molecule has 194 valence electrons. The number of aromatic amines is 1. The zero-order valence-corrected chi connectivity index (χ0v) is 22.0. The number of fused-ring (bicyclic) bond motifs is 1. The highest BCUT2D eigenvalue weighted by molar-refractivity contribution is 7.89. The molecule has 0 saturated carbocycles. The van der Waals surface area contributed by atoms with Crippen LogP contribution in [0, 0.1) is 6.92 Å². The van der Waals surface area contributed by atoms with Crippen molar-refractivity contribution in [1.29, 1.82) is 0 Å². The van der Waals surface area contributed by atoms with Gasteiger partial charge in [-0.3, -0.25) is 9.48 Å². The van der Waals surface area contributed by atoms with Crippen molar-refractivity contribution in [3.8, 4) is 5.69 Å². The summed E-state index contributed by atoms with van der Waals surface area (Å²) in [5.41, 5.74) is 4.45. The van der Waals surface area contributed by atoms with E-state index < -0.39 is 15.4 Å². The van der Waals surface area contributed by atoms with Crippen LogP contribution in [0.2, 0.25) is 0 Å². The molecule has 1 unspecified atom stereocenters. The van der Waals surface area contributed by atoms with Crippen molar-refractivity contribution in [1.82, 2.24) is 28.9 Å². The smallest absolute Gasteiger partial charge is 0.262 e. The predicted octanol–water partition coefficient (Wildman–Crippen LogP) is 3.33. The first-order chi connectivity index (χ1) is 18.2. The minimum absolute atomic E-state index is 0.0739. The number of benzene rings is 2. The Bertz CT molecular complexity index is 1780. The molecule has 4 heterocycles. The number of sulfonamides is 1. The van der Waals surface area contributed by atoms with Crippen molar-refractivity contribution >= 4 is 20.9 Å². The number of hydrogen-bond acceptors (Lipinski definition) is 5. The molecule has 10 heteroatoms. The Hall–Kier alpha value is -4.02. The summed E-state index contributed by atoms with van der Waals surface area (Å²) in [5, 5.41) is 9.79. The second-order valence-electron chi connectivity index (χ2n) is 10.1. The van der Waals surface area contributed by atoms with Crippen LogP contribution < -0.4 is 5.56 Å². The summed E-state index contributed by atoms with van der Waals surface area (Å²) in [6.07, 6.45) is 6.51. The Morgan fingerprint density at radius 3 is 2.61 bits per heavy atom. The summed E-state index contributed by atoms with van der Waals surface area (Å²) < 4.78 is 31.9. The molecule has 1 atom stereocenters. The van der Waals surface area contributed by atoms with Crippen molar-refractivity contribution in [2.75, 3.05) is 13.1 Å². The Balaban J connectivity index is 1.44. The Morgan fingerprint density at radius 2 is 1.89 bits per heavy atom. The van der Waals surface area contributed by atoms with E-state index in [0.717, 1.165) is 33.3 Å². The molecule has 0 bridgehead atoms. The van der Waals surface area contributed by atoms with Crippen molar-refractivity contribution in [2.45, 2.75) is 30.2 Å². The van der Waals surface area contributed by atoms with Gasteiger partial charge in [0, 0.05) is 49.4 Å². The van der Waals surface area contributed by atoms with Crippen LogP contribution in [-0.4, -0.2) is 50.4 Å². The fourth-order valence-corrected chi connectivity index (χ4v) is 7.12. The number of H-pyrrole nitrogens is 1. The van der Waals surface area contributed by atoms with Gasteiger partial charge in [0.15, 0.2) is 5.03 Å². The lowest BCUT2D eigenvalue weighted by Gasteiger charge is -2.32. The van der Waals surface area contributed by atoms with Gasteiger partial charge < -0.3 is 4.98 Å². The van der Waals surface area contributed by atoms with Gasteiger partial charge in [-0.25, -0.2) is 13.1 Å². The van der Waals surface area contributed by atoms with Gasteiger partial charge >= 0.3 is 0 Å². The molecule has 9 nitrogen and oxygen atoms in total. The molecule has 1 aliphatic heterocycles. The first kappa shape index (κ1) is 24.3. The van der Waals surface area contributed by atoms with Crippen molar-refractivity contribution in [3.63, 3.8) is 0 Å². The van der Waals surface area contributed by atoms with Gasteiger partial charge in [-0.15, -0.1) is 0 Å². The highest BCUT2D eigenvalue weighted by Gasteiger charge is 2.45. The van der Waals surface area contributed by atoms with E-state index in [9.17, 15) is 13.2 Å². The van der Waals surface area contributed by atoms with Crippen LogP contribution in [0.4, 0.5) is 0 Å². The number of aryl methyl sites for hydroxylation is 2. The van der Waals surface area contributed by atoms with Gasteiger partial charge in [0.25, 0.3) is 10.0 Å². The third-order valence-electron chi connectivity index (χ3n) is 7.50. The van der Waals surface area contributed by atoms with E-state index in [2.05, 4.69) is 46.4 Å². The maximum Gasteiger partial charge on any atom is 0.262 e. The summed E-state index contributed by atoms with van der Waals surface area (Å²) >= 11 is 0. The van der Waals surface area contributed by atoms with E-state index in [1.54, 1.807) is 40.6 Å². The highest BCUT2D eigenvalue weighted by Crippen LogP contribution is 2.42. The zero-order valence-electron chi connectivity index (χ0n) is 21.2. The summed E-state index contributed by atoms with van der Waals surface area (Å²) in [4.78, 5) is 14.2. The third-order valence-corrected chi connectivity index (χ3v) is 9.23. The van der Waals surface area contributed by atoms with Crippen molar-refractivity contribution in [3.05, 3.63) is 106 Å². The molecule has 6 rings (SSSR count). The van der Waals surface area contributed by atoms with E-state index in [1.165, 1.54) is 10.7 Å². The van der Waals surface area contributed by atoms with E-state index in [0.29, 0.717) is 25.9 Å². The number of aromatic nitrogens is 5. The number of nitrogens with one attached hydrogen (secondary N) is 1. The maximum absolute atomic E-state index is 13.5.